The van der Waals surface area contributed by atoms with E-state index in [1.165, 1.54) is 0 Å². The molecule has 0 saturated carbocycles. The van der Waals surface area contributed by atoms with Crippen LogP contribution < -0.4 is 11.1 Å². The Balaban J connectivity index is 2.00. The summed E-state index contributed by atoms with van der Waals surface area (Å²) in [6.07, 6.45) is 1.65. The fraction of sp³-hybridized carbons (Fsp3) is 0.250. The highest BCUT2D eigenvalue weighted by Crippen LogP contribution is 2.08. The molecule has 4 N–H and O–H groups in total. The molecule has 0 atom stereocenters. The first-order valence-electron chi connectivity index (χ1n) is 5.81. The van der Waals surface area contributed by atoms with Crippen LogP contribution in [-0.2, 0) is 20.1 Å². The lowest BCUT2D eigenvalue weighted by Gasteiger charge is -2.08. The highest BCUT2D eigenvalue weighted by atomic mass is 16.4. The summed E-state index contributed by atoms with van der Waals surface area (Å²) in [5.74, 6) is 0.831. The van der Waals surface area contributed by atoms with Gasteiger partial charge in [0.2, 0.25) is 0 Å². The molecule has 0 spiro atoms. The Morgan fingerprint density at radius 2 is 2.21 bits per heavy atom. The second-order valence-electron chi connectivity index (χ2n) is 4.08. The van der Waals surface area contributed by atoms with Crippen LogP contribution in [-0.4, -0.2) is 25.8 Å². The molecule has 2 rings (SSSR count). The largest absolute Gasteiger partial charge is 0.409 e. The second-order valence-corrected chi connectivity index (χ2v) is 4.08. The maximum atomic E-state index is 8.74. The molecule has 0 saturated heterocycles. The molecule has 1 heterocycles. The summed E-state index contributed by atoms with van der Waals surface area (Å²) in [5.41, 5.74) is 7.29. The van der Waals surface area contributed by atoms with E-state index in [0.717, 1.165) is 11.4 Å². The predicted octanol–water partition coefficient (Wildman–Crippen LogP) is 0.199. The molecule has 7 heteroatoms. The number of oxime groups is 1. The van der Waals surface area contributed by atoms with Gasteiger partial charge in [0.1, 0.15) is 6.33 Å². The lowest BCUT2D eigenvalue weighted by Crippen LogP contribution is -2.20. The monoisotopic (exact) mass is 260 g/mol. The summed E-state index contributed by atoms with van der Waals surface area (Å²) in [4.78, 5) is 4.12. The average molecular weight is 260 g/mol. The van der Waals surface area contributed by atoms with Crippen molar-refractivity contribution < 1.29 is 5.21 Å². The van der Waals surface area contributed by atoms with E-state index >= 15 is 0 Å². The molecule has 0 unspecified atom stereocenters. The van der Waals surface area contributed by atoms with Crippen molar-refractivity contribution in [3.05, 3.63) is 47.5 Å². The summed E-state index contributed by atoms with van der Waals surface area (Å²) in [6.45, 7) is 1.15. The Morgan fingerprint density at radius 3 is 2.89 bits per heavy atom. The van der Waals surface area contributed by atoms with Gasteiger partial charge in [0.15, 0.2) is 11.7 Å². The SMILES string of the molecule is Cn1cnc(CNCc2ccccc2/C(N)=N/O)n1. The molecule has 0 fully saturated rings. The van der Waals surface area contributed by atoms with Gasteiger partial charge in [-0.25, -0.2) is 4.98 Å². The van der Waals surface area contributed by atoms with Gasteiger partial charge in [0.05, 0.1) is 6.54 Å². The van der Waals surface area contributed by atoms with Crippen LogP contribution in [0.25, 0.3) is 0 Å². The normalized spacial score (nSPS) is 11.7. The fourth-order valence-corrected chi connectivity index (χ4v) is 1.75. The third-order valence-corrected chi connectivity index (χ3v) is 2.65. The van der Waals surface area contributed by atoms with Crippen LogP contribution in [0.1, 0.15) is 17.0 Å². The molecule has 100 valence electrons. The lowest BCUT2D eigenvalue weighted by atomic mass is 10.1. The zero-order valence-electron chi connectivity index (χ0n) is 10.6. The van der Waals surface area contributed by atoms with E-state index in [1.807, 2.05) is 31.3 Å². The van der Waals surface area contributed by atoms with Crippen molar-refractivity contribution in [1.29, 1.82) is 0 Å². The van der Waals surface area contributed by atoms with E-state index < -0.39 is 0 Å². The number of hydrogen-bond donors (Lipinski definition) is 3. The molecule has 1 aromatic carbocycles. The minimum absolute atomic E-state index is 0.105. The van der Waals surface area contributed by atoms with E-state index in [-0.39, 0.29) is 5.84 Å². The third-order valence-electron chi connectivity index (χ3n) is 2.65. The number of aryl methyl sites for hydroxylation is 1. The molecule has 0 aliphatic carbocycles. The molecule has 0 radical (unpaired) electrons. The Labute approximate surface area is 110 Å². The summed E-state index contributed by atoms with van der Waals surface area (Å²) < 4.78 is 1.65. The first-order chi connectivity index (χ1) is 9.20. The van der Waals surface area contributed by atoms with Crippen LogP contribution in [0.3, 0.4) is 0 Å². The number of amidine groups is 1. The lowest BCUT2D eigenvalue weighted by molar-refractivity contribution is 0.318. The first-order valence-corrected chi connectivity index (χ1v) is 5.81. The van der Waals surface area contributed by atoms with Gasteiger partial charge in [-0.1, -0.05) is 29.4 Å². The minimum atomic E-state index is 0.105. The van der Waals surface area contributed by atoms with Gasteiger partial charge in [0, 0.05) is 19.2 Å². The van der Waals surface area contributed by atoms with E-state index in [1.54, 1.807) is 11.0 Å². The molecule has 0 amide bonds. The number of hydrogen-bond acceptors (Lipinski definition) is 5. The molecule has 2 aromatic rings. The van der Waals surface area contributed by atoms with Gasteiger partial charge in [-0.2, -0.15) is 5.10 Å². The molecule has 7 nitrogen and oxygen atoms in total. The van der Waals surface area contributed by atoms with Crippen molar-refractivity contribution in [2.24, 2.45) is 17.9 Å². The molecule has 1 aromatic heterocycles. The standard InChI is InChI=1S/C12H16N6O/c1-18-8-15-11(16-18)7-14-6-9-4-2-3-5-10(9)12(13)17-19/h2-5,8,14,19H,6-7H2,1H3,(H2,13,17). The highest BCUT2D eigenvalue weighted by molar-refractivity contribution is 5.98. The van der Waals surface area contributed by atoms with Gasteiger partial charge < -0.3 is 16.3 Å². The van der Waals surface area contributed by atoms with Gasteiger partial charge >= 0.3 is 0 Å². The Kier molecular flexibility index (Phi) is 4.09. The van der Waals surface area contributed by atoms with Gasteiger partial charge in [-0.15, -0.1) is 0 Å². The van der Waals surface area contributed by atoms with E-state index in [0.29, 0.717) is 18.7 Å². The smallest absolute Gasteiger partial charge is 0.170 e. The van der Waals surface area contributed by atoms with Crippen molar-refractivity contribution in [1.82, 2.24) is 20.1 Å². The van der Waals surface area contributed by atoms with Gasteiger partial charge in [-0.05, 0) is 5.56 Å². The number of nitrogens with one attached hydrogen (secondary N) is 1. The zero-order valence-corrected chi connectivity index (χ0v) is 10.6. The zero-order chi connectivity index (χ0) is 13.7. The Bertz CT molecular complexity index is 577. The molecule has 0 aliphatic rings. The maximum absolute atomic E-state index is 8.74. The average Bonchev–Trinajstić information content (AvgIpc) is 2.84. The molecular weight excluding hydrogens is 244 g/mol. The number of aromatic nitrogens is 3. The minimum Gasteiger partial charge on any atom is -0.409 e. The summed E-state index contributed by atoms with van der Waals surface area (Å²) >= 11 is 0. The molecular formula is C12H16N6O. The van der Waals surface area contributed by atoms with Crippen molar-refractivity contribution in [2.45, 2.75) is 13.1 Å². The maximum Gasteiger partial charge on any atom is 0.170 e. The highest BCUT2D eigenvalue weighted by Gasteiger charge is 2.06. The third kappa shape index (κ3) is 3.29. The number of benzene rings is 1. The van der Waals surface area contributed by atoms with Crippen LogP contribution in [0, 0.1) is 0 Å². The Morgan fingerprint density at radius 1 is 1.42 bits per heavy atom. The molecule has 19 heavy (non-hydrogen) atoms. The van der Waals surface area contributed by atoms with Crippen molar-refractivity contribution in [3.8, 4) is 0 Å². The summed E-state index contributed by atoms with van der Waals surface area (Å²) in [6, 6.07) is 7.48. The van der Waals surface area contributed by atoms with Crippen LogP contribution in [0.15, 0.2) is 35.7 Å². The van der Waals surface area contributed by atoms with E-state index in [2.05, 4.69) is 20.6 Å². The van der Waals surface area contributed by atoms with Crippen LogP contribution in [0.2, 0.25) is 0 Å². The topological polar surface area (TPSA) is 101 Å². The first kappa shape index (κ1) is 13.0. The summed E-state index contributed by atoms with van der Waals surface area (Å²) in [5, 5.41) is 19.2. The fourth-order valence-electron chi connectivity index (χ4n) is 1.75. The Hall–Kier alpha value is -2.41. The van der Waals surface area contributed by atoms with Crippen LogP contribution in [0.4, 0.5) is 0 Å². The number of rotatable bonds is 5. The van der Waals surface area contributed by atoms with Gasteiger partial charge in [-0.3, -0.25) is 4.68 Å². The van der Waals surface area contributed by atoms with Gasteiger partial charge in [0.25, 0.3) is 0 Å². The van der Waals surface area contributed by atoms with Crippen LogP contribution >= 0.6 is 0 Å². The second kappa shape index (κ2) is 5.96. The number of nitrogens with zero attached hydrogens (tertiary/aromatic N) is 4. The summed E-state index contributed by atoms with van der Waals surface area (Å²) in [7, 11) is 1.82. The van der Waals surface area contributed by atoms with Crippen LogP contribution in [0.5, 0.6) is 0 Å². The van der Waals surface area contributed by atoms with Crippen molar-refractivity contribution >= 4 is 5.84 Å². The van der Waals surface area contributed by atoms with E-state index in [9.17, 15) is 0 Å². The predicted molar refractivity (Wildman–Crippen MR) is 70.5 cm³/mol. The van der Waals surface area contributed by atoms with Crippen molar-refractivity contribution in [3.63, 3.8) is 0 Å². The molecule has 0 aliphatic heterocycles. The quantitative estimate of drug-likeness (QED) is 0.308. The number of nitrogens with two attached hydrogens (primary N) is 1. The van der Waals surface area contributed by atoms with Crippen molar-refractivity contribution in [2.75, 3.05) is 0 Å². The molecule has 0 bridgehead atoms. The van der Waals surface area contributed by atoms with E-state index in [4.69, 9.17) is 10.9 Å².